The molecule has 0 aromatic carbocycles. The first-order valence-corrected chi connectivity index (χ1v) is 5.51. The Hall–Kier alpha value is -0.570. The van der Waals surface area contributed by atoms with Crippen LogP contribution in [0.2, 0.25) is 0 Å². The SMILES string of the molecule is CCCC(C)CNC(C(N)=O)C(C)C. The summed E-state index contributed by atoms with van der Waals surface area (Å²) in [4.78, 5) is 11.1. The van der Waals surface area contributed by atoms with Crippen LogP contribution in [0.3, 0.4) is 0 Å². The van der Waals surface area contributed by atoms with Crippen molar-refractivity contribution in [2.24, 2.45) is 17.6 Å². The van der Waals surface area contributed by atoms with Gasteiger partial charge < -0.3 is 11.1 Å². The van der Waals surface area contributed by atoms with Gasteiger partial charge in [-0.3, -0.25) is 4.79 Å². The minimum atomic E-state index is -0.247. The third-order valence-electron chi connectivity index (χ3n) is 2.44. The Morgan fingerprint density at radius 3 is 2.29 bits per heavy atom. The van der Waals surface area contributed by atoms with Gasteiger partial charge in [0.25, 0.3) is 0 Å². The van der Waals surface area contributed by atoms with E-state index in [0.29, 0.717) is 5.92 Å². The molecule has 0 aromatic heterocycles. The summed E-state index contributed by atoms with van der Waals surface area (Å²) in [5.41, 5.74) is 5.30. The van der Waals surface area contributed by atoms with E-state index in [0.717, 1.165) is 6.54 Å². The van der Waals surface area contributed by atoms with E-state index >= 15 is 0 Å². The van der Waals surface area contributed by atoms with Gasteiger partial charge in [0, 0.05) is 0 Å². The number of nitrogens with two attached hydrogens (primary N) is 1. The summed E-state index contributed by atoms with van der Waals surface area (Å²) < 4.78 is 0. The fourth-order valence-corrected chi connectivity index (χ4v) is 1.59. The number of nitrogens with one attached hydrogen (secondary N) is 1. The van der Waals surface area contributed by atoms with Crippen molar-refractivity contribution < 1.29 is 4.79 Å². The molecule has 3 heteroatoms. The number of amides is 1. The molecular weight excluding hydrogens is 176 g/mol. The molecule has 3 nitrogen and oxygen atoms in total. The van der Waals surface area contributed by atoms with Gasteiger partial charge in [0.15, 0.2) is 0 Å². The zero-order chi connectivity index (χ0) is 11.1. The van der Waals surface area contributed by atoms with Gasteiger partial charge in [0.05, 0.1) is 6.04 Å². The second-order valence-corrected chi connectivity index (χ2v) is 4.43. The third-order valence-corrected chi connectivity index (χ3v) is 2.44. The molecule has 2 unspecified atom stereocenters. The quantitative estimate of drug-likeness (QED) is 0.654. The molecule has 1 amide bonds. The van der Waals surface area contributed by atoms with Gasteiger partial charge in [-0.2, -0.15) is 0 Å². The highest BCUT2D eigenvalue weighted by atomic mass is 16.1. The maximum absolute atomic E-state index is 11.1. The van der Waals surface area contributed by atoms with Crippen molar-refractivity contribution in [3.63, 3.8) is 0 Å². The van der Waals surface area contributed by atoms with Gasteiger partial charge in [0.1, 0.15) is 0 Å². The van der Waals surface area contributed by atoms with Gasteiger partial charge in [-0.25, -0.2) is 0 Å². The molecule has 0 aliphatic heterocycles. The standard InChI is InChI=1S/C11H24N2O/c1-5-6-9(4)7-13-10(8(2)3)11(12)14/h8-10,13H,5-7H2,1-4H3,(H2,12,14). The van der Waals surface area contributed by atoms with Crippen molar-refractivity contribution in [3.8, 4) is 0 Å². The first kappa shape index (κ1) is 13.4. The molecule has 0 saturated heterocycles. The summed E-state index contributed by atoms with van der Waals surface area (Å²) in [5.74, 6) is 0.630. The highest BCUT2D eigenvalue weighted by Crippen LogP contribution is 2.06. The fraction of sp³-hybridized carbons (Fsp3) is 0.909. The Bertz CT molecular complexity index is 169. The highest BCUT2D eigenvalue weighted by Gasteiger charge is 2.18. The maximum atomic E-state index is 11.1. The first-order valence-electron chi connectivity index (χ1n) is 5.51. The lowest BCUT2D eigenvalue weighted by Gasteiger charge is -2.21. The van der Waals surface area contributed by atoms with E-state index in [2.05, 4.69) is 19.2 Å². The van der Waals surface area contributed by atoms with Crippen LogP contribution in [-0.2, 0) is 4.79 Å². The van der Waals surface area contributed by atoms with Crippen molar-refractivity contribution in [3.05, 3.63) is 0 Å². The average Bonchev–Trinajstić information content (AvgIpc) is 2.03. The molecule has 0 aliphatic carbocycles. The largest absolute Gasteiger partial charge is 0.368 e. The van der Waals surface area contributed by atoms with Gasteiger partial charge in [0.2, 0.25) is 5.91 Å². The van der Waals surface area contributed by atoms with E-state index in [4.69, 9.17) is 5.73 Å². The Labute approximate surface area is 87.4 Å². The van der Waals surface area contributed by atoms with Gasteiger partial charge >= 0.3 is 0 Å². The molecule has 0 aliphatic rings. The van der Waals surface area contributed by atoms with Crippen LogP contribution in [0.4, 0.5) is 0 Å². The summed E-state index contributed by atoms with van der Waals surface area (Å²) in [6.07, 6.45) is 2.38. The predicted octanol–water partition coefficient (Wildman–Crippen LogP) is 1.52. The zero-order valence-corrected chi connectivity index (χ0v) is 9.84. The maximum Gasteiger partial charge on any atom is 0.234 e. The predicted molar refractivity (Wildman–Crippen MR) is 59.9 cm³/mol. The second-order valence-electron chi connectivity index (χ2n) is 4.43. The minimum absolute atomic E-state index is 0.186. The topological polar surface area (TPSA) is 55.1 Å². The molecule has 14 heavy (non-hydrogen) atoms. The van der Waals surface area contributed by atoms with E-state index in [1.807, 2.05) is 13.8 Å². The average molecular weight is 200 g/mol. The van der Waals surface area contributed by atoms with E-state index in [-0.39, 0.29) is 17.9 Å². The minimum Gasteiger partial charge on any atom is -0.368 e. The first-order chi connectivity index (χ1) is 6.49. The number of rotatable bonds is 7. The molecule has 0 aromatic rings. The van der Waals surface area contributed by atoms with Crippen LogP contribution >= 0.6 is 0 Å². The molecule has 2 atom stereocenters. The van der Waals surface area contributed by atoms with Crippen molar-refractivity contribution >= 4 is 5.91 Å². The Kier molecular flexibility index (Phi) is 6.54. The van der Waals surface area contributed by atoms with Crippen molar-refractivity contribution in [2.75, 3.05) is 6.54 Å². The van der Waals surface area contributed by atoms with Crippen LogP contribution < -0.4 is 11.1 Å². The molecular formula is C11H24N2O. The molecule has 0 bridgehead atoms. The molecule has 0 radical (unpaired) electrons. The fourth-order valence-electron chi connectivity index (χ4n) is 1.59. The summed E-state index contributed by atoms with van der Waals surface area (Å²) in [5, 5.41) is 3.23. The van der Waals surface area contributed by atoms with Gasteiger partial charge in [-0.1, -0.05) is 34.1 Å². The third kappa shape index (κ3) is 5.22. The monoisotopic (exact) mass is 200 g/mol. The lowest BCUT2D eigenvalue weighted by atomic mass is 10.0. The number of primary amides is 1. The number of hydrogen-bond donors (Lipinski definition) is 2. The van der Waals surface area contributed by atoms with Crippen LogP contribution in [0.15, 0.2) is 0 Å². The molecule has 0 rings (SSSR count). The molecule has 84 valence electrons. The van der Waals surface area contributed by atoms with Crippen LogP contribution in [0.25, 0.3) is 0 Å². The van der Waals surface area contributed by atoms with Crippen molar-refractivity contribution in [1.82, 2.24) is 5.32 Å². The van der Waals surface area contributed by atoms with E-state index in [1.165, 1.54) is 12.8 Å². The smallest absolute Gasteiger partial charge is 0.234 e. The molecule has 3 N–H and O–H groups in total. The summed E-state index contributed by atoms with van der Waals surface area (Å²) in [6.45, 7) is 9.25. The summed E-state index contributed by atoms with van der Waals surface area (Å²) in [7, 11) is 0. The van der Waals surface area contributed by atoms with E-state index in [1.54, 1.807) is 0 Å². The molecule has 0 spiro atoms. The van der Waals surface area contributed by atoms with E-state index < -0.39 is 0 Å². The lowest BCUT2D eigenvalue weighted by molar-refractivity contribution is -0.121. The second kappa shape index (κ2) is 6.82. The number of carbonyl (C=O) groups is 1. The van der Waals surface area contributed by atoms with Crippen LogP contribution in [-0.4, -0.2) is 18.5 Å². The van der Waals surface area contributed by atoms with Gasteiger partial charge in [-0.05, 0) is 24.8 Å². The van der Waals surface area contributed by atoms with Crippen molar-refractivity contribution in [2.45, 2.75) is 46.6 Å². The van der Waals surface area contributed by atoms with Crippen LogP contribution in [0, 0.1) is 11.8 Å². The molecule has 0 saturated carbocycles. The van der Waals surface area contributed by atoms with Crippen LogP contribution in [0.5, 0.6) is 0 Å². The number of hydrogen-bond acceptors (Lipinski definition) is 2. The Morgan fingerprint density at radius 2 is 1.93 bits per heavy atom. The zero-order valence-electron chi connectivity index (χ0n) is 9.84. The van der Waals surface area contributed by atoms with Crippen molar-refractivity contribution in [1.29, 1.82) is 0 Å². The Morgan fingerprint density at radius 1 is 1.36 bits per heavy atom. The summed E-state index contributed by atoms with van der Waals surface area (Å²) in [6, 6.07) is -0.186. The Balaban J connectivity index is 3.88. The molecule has 0 fully saturated rings. The van der Waals surface area contributed by atoms with Gasteiger partial charge in [-0.15, -0.1) is 0 Å². The lowest BCUT2D eigenvalue weighted by Crippen LogP contribution is -2.46. The normalized spacial score (nSPS) is 15.5. The van der Waals surface area contributed by atoms with E-state index in [9.17, 15) is 4.79 Å². The number of carbonyl (C=O) groups excluding carboxylic acids is 1. The highest BCUT2D eigenvalue weighted by molar-refractivity contribution is 5.80. The molecule has 0 heterocycles. The summed E-state index contributed by atoms with van der Waals surface area (Å²) >= 11 is 0. The van der Waals surface area contributed by atoms with Crippen LogP contribution in [0.1, 0.15) is 40.5 Å².